The first kappa shape index (κ1) is 20.2. The van der Waals surface area contributed by atoms with Crippen molar-refractivity contribution in [3.63, 3.8) is 0 Å². The molecule has 1 aromatic heterocycles. The Labute approximate surface area is 186 Å². The number of hydrazine groups is 1. The quantitative estimate of drug-likeness (QED) is 0.658. The fourth-order valence-electron chi connectivity index (χ4n) is 4.51. The van der Waals surface area contributed by atoms with Crippen LogP contribution in [-0.4, -0.2) is 33.2 Å². The molecular formula is C24H26N6O2. The summed E-state index contributed by atoms with van der Waals surface area (Å²) in [5.41, 5.74) is 5.40. The fraction of sp³-hybridized carbons (Fsp3) is 0.333. The van der Waals surface area contributed by atoms with Crippen molar-refractivity contribution in [3.05, 3.63) is 54.6 Å². The predicted molar refractivity (Wildman–Crippen MR) is 124 cm³/mol. The van der Waals surface area contributed by atoms with Gasteiger partial charge >= 0.3 is 0 Å². The van der Waals surface area contributed by atoms with E-state index in [1.165, 1.54) is 24.3 Å². The normalized spacial score (nSPS) is 19.5. The first-order chi connectivity index (χ1) is 15.6. The molecule has 164 valence electrons. The summed E-state index contributed by atoms with van der Waals surface area (Å²) in [6.45, 7) is 1.68. The zero-order valence-electron chi connectivity index (χ0n) is 18.0. The van der Waals surface area contributed by atoms with Gasteiger partial charge in [0.15, 0.2) is 0 Å². The topological polar surface area (TPSA) is 91.6 Å². The second kappa shape index (κ2) is 8.45. The van der Waals surface area contributed by atoms with Crippen LogP contribution in [0.15, 0.2) is 59.6 Å². The molecule has 3 aromatic rings. The van der Waals surface area contributed by atoms with E-state index in [2.05, 4.69) is 20.3 Å². The molecule has 2 N–H and O–H groups in total. The van der Waals surface area contributed by atoms with Crippen molar-refractivity contribution in [1.29, 1.82) is 0 Å². The second-order valence-electron chi connectivity index (χ2n) is 8.31. The summed E-state index contributed by atoms with van der Waals surface area (Å²) in [6, 6.07) is 16.7. The minimum atomic E-state index is -0.672. The van der Waals surface area contributed by atoms with Crippen LogP contribution in [0, 0.1) is 0 Å². The Bertz CT molecular complexity index is 1180. The molecule has 1 aliphatic heterocycles. The zero-order valence-corrected chi connectivity index (χ0v) is 18.0. The Morgan fingerprint density at radius 2 is 1.75 bits per heavy atom. The number of benzene rings is 2. The number of aliphatic imine (C=N–C) groups is 1. The van der Waals surface area contributed by atoms with Crippen LogP contribution in [0.3, 0.4) is 0 Å². The number of aromatic nitrogens is 2. The van der Waals surface area contributed by atoms with E-state index >= 15 is 0 Å². The van der Waals surface area contributed by atoms with Crippen molar-refractivity contribution in [2.75, 3.05) is 10.3 Å². The van der Waals surface area contributed by atoms with Crippen molar-refractivity contribution in [2.24, 2.45) is 4.99 Å². The molecule has 1 aliphatic carbocycles. The van der Waals surface area contributed by atoms with E-state index in [0.717, 1.165) is 23.9 Å². The van der Waals surface area contributed by atoms with Crippen molar-refractivity contribution < 1.29 is 9.59 Å². The molecule has 1 fully saturated rings. The highest BCUT2D eigenvalue weighted by atomic mass is 16.2. The lowest BCUT2D eigenvalue weighted by Gasteiger charge is -2.30. The van der Waals surface area contributed by atoms with Crippen molar-refractivity contribution in [2.45, 2.75) is 51.1 Å². The number of amidine groups is 1. The molecule has 2 amide bonds. The minimum Gasteiger partial charge on any atom is -0.307 e. The molecule has 5 rings (SSSR count). The van der Waals surface area contributed by atoms with Crippen LogP contribution in [0.1, 0.15) is 45.1 Å². The number of anilines is 2. The molecule has 1 atom stereocenters. The predicted octanol–water partition coefficient (Wildman–Crippen LogP) is 3.82. The van der Waals surface area contributed by atoms with Crippen molar-refractivity contribution in [1.82, 2.24) is 15.0 Å². The summed E-state index contributed by atoms with van der Waals surface area (Å²) in [5, 5.41) is 4.33. The fourth-order valence-corrected chi connectivity index (χ4v) is 4.51. The molecule has 2 aliphatic rings. The van der Waals surface area contributed by atoms with Gasteiger partial charge in [0.25, 0.3) is 11.8 Å². The lowest BCUT2D eigenvalue weighted by Crippen LogP contribution is -2.57. The maximum absolute atomic E-state index is 13.2. The molecule has 1 unspecified atom stereocenters. The Morgan fingerprint density at radius 1 is 1.03 bits per heavy atom. The number of para-hydroxylation sites is 3. The molecule has 8 heteroatoms. The largest absolute Gasteiger partial charge is 0.307 e. The average molecular weight is 431 g/mol. The summed E-state index contributed by atoms with van der Waals surface area (Å²) in [5.74, 6) is -0.0357. The Hall–Kier alpha value is -3.68. The van der Waals surface area contributed by atoms with Gasteiger partial charge in [-0.2, -0.15) is 0 Å². The summed E-state index contributed by atoms with van der Waals surface area (Å²) in [7, 11) is 0. The molecule has 0 spiro atoms. The number of nitrogens with one attached hydrogen (secondary N) is 2. The van der Waals surface area contributed by atoms with E-state index in [9.17, 15) is 9.59 Å². The van der Waals surface area contributed by atoms with Crippen molar-refractivity contribution in [3.8, 4) is 0 Å². The highest BCUT2D eigenvalue weighted by Gasteiger charge is 2.31. The monoisotopic (exact) mass is 430 g/mol. The smallest absolute Gasteiger partial charge is 0.294 e. The van der Waals surface area contributed by atoms with Crippen molar-refractivity contribution >= 4 is 40.3 Å². The summed E-state index contributed by atoms with van der Waals surface area (Å²) in [6.07, 6.45) is 5.72. The third-order valence-electron chi connectivity index (χ3n) is 6.11. The van der Waals surface area contributed by atoms with Crippen LogP contribution < -0.4 is 15.8 Å². The average Bonchev–Trinajstić information content (AvgIpc) is 3.19. The van der Waals surface area contributed by atoms with Gasteiger partial charge in [-0.15, -0.1) is 0 Å². The Kier molecular flexibility index (Phi) is 5.34. The number of carbonyl (C=O) groups is 2. The Morgan fingerprint density at radius 3 is 2.53 bits per heavy atom. The van der Waals surface area contributed by atoms with Gasteiger partial charge in [0.05, 0.1) is 16.7 Å². The van der Waals surface area contributed by atoms with Gasteiger partial charge in [-0.25, -0.2) is 15.0 Å². The zero-order chi connectivity index (χ0) is 22.1. The SMILES string of the molecule is CC1N=C(C(=O)Nc2nc3ccccc3n2C2CCCCC2)NN(c2ccccc2)C1=O. The number of rotatable bonds is 4. The molecule has 8 nitrogen and oxygen atoms in total. The molecule has 0 radical (unpaired) electrons. The Balaban J connectivity index is 1.45. The maximum Gasteiger partial charge on any atom is 0.294 e. The molecule has 0 bridgehead atoms. The third kappa shape index (κ3) is 3.72. The van der Waals surface area contributed by atoms with Crippen LogP contribution in [0.25, 0.3) is 11.0 Å². The summed E-state index contributed by atoms with van der Waals surface area (Å²) >= 11 is 0. The highest BCUT2D eigenvalue weighted by molar-refractivity contribution is 6.43. The van der Waals surface area contributed by atoms with E-state index in [1.807, 2.05) is 42.5 Å². The lowest BCUT2D eigenvalue weighted by atomic mass is 9.95. The van der Waals surface area contributed by atoms with Gasteiger partial charge in [-0.3, -0.25) is 20.3 Å². The standard InChI is InChI=1S/C24H26N6O2/c1-16-23(32)30(18-12-6-3-7-13-18)28-21(25-16)22(31)27-24-26-19-14-8-9-15-20(19)29(24)17-10-4-2-5-11-17/h3,6-9,12-17H,2,4-5,10-11H2,1H3,(H,25,28)(H,26,27,31). The third-order valence-corrected chi connectivity index (χ3v) is 6.11. The van der Waals surface area contributed by atoms with Gasteiger partial charge < -0.3 is 4.57 Å². The number of carbonyl (C=O) groups excluding carboxylic acids is 2. The van der Waals surface area contributed by atoms with E-state index in [0.29, 0.717) is 17.7 Å². The number of hydrogen-bond donors (Lipinski definition) is 2. The lowest BCUT2D eigenvalue weighted by molar-refractivity contribution is -0.120. The summed E-state index contributed by atoms with van der Waals surface area (Å²) in [4.78, 5) is 34.8. The van der Waals surface area contributed by atoms with Gasteiger partial charge in [0.2, 0.25) is 11.8 Å². The summed E-state index contributed by atoms with van der Waals surface area (Å²) < 4.78 is 2.15. The van der Waals surface area contributed by atoms with Crippen LogP contribution in [0.2, 0.25) is 0 Å². The van der Waals surface area contributed by atoms with Crippen LogP contribution in [0.4, 0.5) is 11.6 Å². The van der Waals surface area contributed by atoms with Gasteiger partial charge in [0.1, 0.15) is 6.04 Å². The molecular weight excluding hydrogens is 404 g/mol. The van der Waals surface area contributed by atoms with E-state index < -0.39 is 11.9 Å². The molecule has 2 aromatic carbocycles. The number of hydrogen-bond acceptors (Lipinski definition) is 5. The van der Waals surface area contributed by atoms with Crippen LogP contribution in [-0.2, 0) is 9.59 Å². The molecule has 2 heterocycles. The number of imidazole rings is 1. The first-order valence-electron chi connectivity index (χ1n) is 11.1. The van der Waals surface area contributed by atoms with Crippen LogP contribution in [0.5, 0.6) is 0 Å². The van der Waals surface area contributed by atoms with Gasteiger partial charge in [0, 0.05) is 6.04 Å². The second-order valence-corrected chi connectivity index (χ2v) is 8.31. The van der Waals surface area contributed by atoms with Gasteiger partial charge in [-0.1, -0.05) is 49.6 Å². The van der Waals surface area contributed by atoms with E-state index in [-0.39, 0.29) is 11.7 Å². The number of fused-ring (bicyclic) bond motifs is 1. The number of nitrogens with zero attached hydrogens (tertiary/aromatic N) is 4. The van der Waals surface area contributed by atoms with E-state index in [1.54, 1.807) is 19.1 Å². The molecule has 32 heavy (non-hydrogen) atoms. The minimum absolute atomic E-state index is 0.0863. The molecule has 1 saturated carbocycles. The highest BCUT2D eigenvalue weighted by Crippen LogP contribution is 2.34. The first-order valence-corrected chi connectivity index (χ1v) is 11.1. The number of amides is 2. The van der Waals surface area contributed by atoms with Gasteiger partial charge in [-0.05, 0) is 44.0 Å². The van der Waals surface area contributed by atoms with E-state index in [4.69, 9.17) is 4.98 Å². The maximum atomic E-state index is 13.2. The van der Waals surface area contributed by atoms with Crippen LogP contribution >= 0.6 is 0 Å². The molecule has 0 saturated heterocycles.